The zero-order valence-electron chi connectivity index (χ0n) is 5.28. The van der Waals surface area contributed by atoms with Crippen molar-refractivity contribution in [1.29, 1.82) is 0 Å². The van der Waals surface area contributed by atoms with E-state index in [2.05, 4.69) is 33.9 Å². The molecule has 0 aliphatic heterocycles. The van der Waals surface area contributed by atoms with E-state index in [4.69, 9.17) is 0 Å². The van der Waals surface area contributed by atoms with Crippen molar-refractivity contribution in [2.24, 2.45) is 5.92 Å². The molecule has 0 N–H and O–H groups in total. The van der Waals surface area contributed by atoms with Crippen LogP contribution < -0.4 is 0 Å². The Hall–Kier alpha value is 0.506. The standard InChI is InChI=1S/C4H9.C2H3.Mg/c1-4(2)3;1-2;/h4H,1H2,2-3H3;1H,2H2;/q2*-1;+2. The third kappa shape index (κ3) is 516. The minimum absolute atomic E-state index is 0. The maximum atomic E-state index is 4.25. The van der Waals surface area contributed by atoms with E-state index in [-0.39, 0.29) is 23.1 Å². The molecule has 0 aliphatic rings. The Morgan fingerprint density at radius 2 is 1.43 bits per heavy atom. The van der Waals surface area contributed by atoms with E-state index in [1.165, 1.54) is 0 Å². The van der Waals surface area contributed by atoms with Crippen LogP contribution in [-0.2, 0) is 0 Å². The fourth-order valence-corrected chi connectivity index (χ4v) is 0. The van der Waals surface area contributed by atoms with Gasteiger partial charge in [0.05, 0.1) is 0 Å². The Balaban J connectivity index is -0.0000000480. The molecule has 1 heteroatoms. The molecule has 0 saturated heterocycles. The van der Waals surface area contributed by atoms with Gasteiger partial charge < -0.3 is 13.5 Å². The van der Waals surface area contributed by atoms with Crippen LogP contribution in [0.25, 0.3) is 0 Å². The summed E-state index contributed by atoms with van der Waals surface area (Å²) in [5.74, 6) is 0.583. The van der Waals surface area contributed by atoms with Gasteiger partial charge in [-0.15, -0.1) is 0 Å². The fourth-order valence-electron chi connectivity index (χ4n) is 0. The van der Waals surface area contributed by atoms with E-state index in [1.807, 2.05) is 0 Å². The predicted molar refractivity (Wildman–Crippen MR) is 35.9 cm³/mol. The van der Waals surface area contributed by atoms with Crippen molar-refractivity contribution in [3.05, 3.63) is 20.1 Å². The second-order valence-electron chi connectivity index (χ2n) is 1.39. The van der Waals surface area contributed by atoms with Crippen LogP contribution in [0.5, 0.6) is 0 Å². The Morgan fingerprint density at radius 3 is 1.43 bits per heavy atom. The van der Waals surface area contributed by atoms with Gasteiger partial charge in [0.15, 0.2) is 0 Å². The van der Waals surface area contributed by atoms with Gasteiger partial charge in [0, 0.05) is 0 Å². The third-order valence-corrected chi connectivity index (χ3v) is 0. The summed E-state index contributed by atoms with van der Waals surface area (Å²) in [6.07, 6.45) is 0. The molecule has 0 aliphatic carbocycles. The van der Waals surface area contributed by atoms with Crippen LogP contribution in [0, 0.1) is 19.4 Å². The SMILES string of the molecule is [CH-]=C.[CH2-]C(C)C.[Mg+2]. The van der Waals surface area contributed by atoms with Crippen molar-refractivity contribution < 1.29 is 0 Å². The van der Waals surface area contributed by atoms with Crippen molar-refractivity contribution in [3.63, 3.8) is 0 Å². The molecule has 0 unspecified atom stereocenters. The molecule has 7 heavy (non-hydrogen) atoms. The Bertz CT molecular complexity index is 15.4. The predicted octanol–water partition coefficient (Wildman–Crippen LogP) is 1.70. The van der Waals surface area contributed by atoms with Crippen LogP contribution in [0.3, 0.4) is 0 Å². The molecule has 0 nitrogen and oxygen atoms in total. The maximum Gasteiger partial charge on any atom is 2.00 e. The molecule has 0 rings (SSSR count). The molecule has 0 aromatic rings. The van der Waals surface area contributed by atoms with Crippen LogP contribution in [-0.4, -0.2) is 23.1 Å². The molecule has 0 aromatic heterocycles. The number of hydrogen-bond acceptors (Lipinski definition) is 0. The van der Waals surface area contributed by atoms with Gasteiger partial charge >= 0.3 is 23.1 Å². The summed E-state index contributed by atoms with van der Waals surface area (Å²) in [4.78, 5) is 0. The van der Waals surface area contributed by atoms with Crippen LogP contribution >= 0.6 is 0 Å². The number of rotatable bonds is 0. The average molecular weight is 108 g/mol. The zero-order chi connectivity index (χ0) is 5.58. The average Bonchev–Trinajstić information content (AvgIpc) is 1.41. The molecule has 38 valence electrons. The first-order valence-electron chi connectivity index (χ1n) is 1.97. The van der Waals surface area contributed by atoms with Gasteiger partial charge in [0.1, 0.15) is 0 Å². The van der Waals surface area contributed by atoms with Gasteiger partial charge in [-0.1, -0.05) is 13.8 Å². The van der Waals surface area contributed by atoms with Gasteiger partial charge in [0.25, 0.3) is 0 Å². The second kappa shape index (κ2) is 16.0. The molecule has 0 atom stereocenters. The summed E-state index contributed by atoms with van der Waals surface area (Å²) >= 11 is 0. The van der Waals surface area contributed by atoms with E-state index in [0.717, 1.165) is 0 Å². The molecular weight excluding hydrogens is 96.4 g/mol. The van der Waals surface area contributed by atoms with Crippen LogP contribution in [0.4, 0.5) is 0 Å². The van der Waals surface area contributed by atoms with Crippen molar-refractivity contribution in [2.45, 2.75) is 13.8 Å². The molecule has 0 amide bonds. The smallest absolute Gasteiger partial charge is 0.521 e. The van der Waals surface area contributed by atoms with E-state index >= 15 is 0 Å². The Morgan fingerprint density at radius 1 is 1.43 bits per heavy atom. The molecule has 0 aromatic carbocycles. The van der Waals surface area contributed by atoms with E-state index in [0.29, 0.717) is 5.92 Å². The van der Waals surface area contributed by atoms with Crippen LogP contribution in [0.2, 0.25) is 0 Å². The monoisotopic (exact) mass is 108 g/mol. The van der Waals surface area contributed by atoms with Gasteiger partial charge in [-0.2, -0.15) is 5.92 Å². The van der Waals surface area contributed by atoms with Crippen molar-refractivity contribution in [3.8, 4) is 0 Å². The first-order chi connectivity index (χ1) is 2.73. The zero-order valence-corrected chi connectivity index (χ0v) is 6.69. The van der Waals surface area contributed by atoms with Crippen molar-refractivity contribution >= 4 is 23.1 Å². The second-order valence-corrected chi connectivity index (χ2v) is 1.39. The topological polar surface area (TPSA) is 0 Å². The molecule has 0 fully saturated rings. The first kappa shape index (κ1) is 15.6. The van der Waals surface area contributed by atoms with Gasteiger partial charge in [-0.3, -0.25) is 6.58 Å². The molecular formula is C6H12Mg. The minimum Gasteiger partial charge on any atom is -0.521 e. The quantitative estimate of drug-likeness (QED) is 0.327. The van der Waals surface area contributed by atoms with E-state index in [1.54, 1.807) is 0 Å². The minimum atomic E-state index is 0. The molecule has 0 heterocycles. The molecule has 0 saturated carbocycles. The summed E-state index contributed by atoms with van der Waals surface area (Å²) in [6, 6.07) is 0. The maximum absolute atomic E-state index is 4.25. The van der Waals surface area contributed by atoms with Gasteiger partial charge in [0.2, 0.25) is 0 Å². The Labute approximate surface area is 63.2 Å². The normalized spacial score (nSPS) is 5.71. The molecule has 0 radical (unpaired) electrons. The van der Waals surface area contributed by atoms with E-state index in [9.17, 15) is 0 Å². The largest absolute Gasteiger partial charge is 2.00 e. The summed E-state index contributed by atoms with van der Waals surface area (Å²) < 4.78 is 0. The van der Waals surface area contributed by atoms with Crippen molar-refractivity contribution in [1.82, 2.24) is 0 Å². The summed E-state index contributed by atoms with van der Waals surface area (Å²) in [5, 5.41) is 0. The number of hydrogen-bond donors (Lipinski definition) is 0. The van der Waals surface area contributed by atoms with Gasteiger partial charge in [-0.25, -0.2) is 0 Å². The summed E-state index contributed by atoms with van der Waals surface area (Å²) in [5.41, 5.74) is 0. The van der Waals surface area contributed by atoms with Crippen LogP contribution in [0.1, 0.15) is 13.8 Å². The summed E-state index contributed by atoms with van der Waals surface area (Å²) in [7, 11) is 0. The summed E-state index contributed by atoms with van der Waals surface area (Å²) in [6.45, 7) is 14.8. The molecule has 0 spiro atoms. The third-order valence-electron chi connectivity index (χ3n) is 0. The fraction of sp³-hybridized carbons (Fsp3) is 0.500. The Kier molecular flexibility index (Phi) is 35.9. The molecule has 0 bridgehead atoms. The van der Waals surface area contributed by atoms with Gasteiger partial charge in [-0.05, 0) is 0 Å². The van der Waals surface area contributed by atoms with E-state index < -0.39 is 0 Å². The first-order valence-corrected chi connectivity index (χ1v) is 1.97. The van der Waals surface area contributed by atoms with Crippen LogP contribution in [0.15, 0.2) is 6.58 Å². The van der Waals surface area contributed by atoms with Crippen molar-refractivity contribution in [2.75, 3.05) is 0 Å².